The number of carbonyl (C=O) groups is 1. The van der Waals surface area contributed by atoms with Gasteiger partial charge in [-0.1, -0.05) is 0 Å². The summed E-state index contributed by atoms with van der Waals surface area (Å²) in [6.45, 7) is 0. The van der Waals surface area contributed by atoms with Gasteiger partial charge in [0.05, 0.1) is 0 Å². The zero-order chi connectivity index (χ0) is 10.9. The van der Waals surface area contributed by atoms with Gasteiger partial charge in [-0.2, -0.15) is 0 Å². The maximum Gasteiger partial charge on any atom is 0.354 e. The molecule has 0 bridgehead atoms. The van der Waals surface area contributed by atoms with Crippen molar-refractivity contribution in [1.82, 2.24) is 9.97 Å². The first kappa shape index (κ1) is 10.4. The van der Waals surface area contributed by atoms with Gasteiger partial charge in [0.15, 0.2) is 20.6 Å². The van der Waals surface area contributed by atoms with Crippen LogP contribution in [0.3, 0.4) is 0 Å². The number of hydrogen-bond acceptors (Lipinski definition) is 6. The highest BCUT2D eigenvalue weighted by molar-refractivity contribution is 7.90. The van der Waals surface area contributed by atoms with Crippen molar-refractivity contribution in [2.45, 2.75) is 5.03 Å². The van der Waals surface area contributed by atoms with Crippen molar-refractivity contribution in [1.29, 1.82) is 0 Å². The van der Waals surface area contributed by atoms with Crippen molar-refractivity contribution in [2.24, 2.45) is 0 Å². The Balaban J connectivity index is 3.43. The third-order valence-corrected chi connectivity index (χ3v) is 2.29. The zero-order valence-corrected chi connectivity index (χ0v) is 7.95. The minimum atomic E-state index is -3.58. The lowest BCUT2D eigenvalue weighted by Crippen LogP contribution is -2.10. The number of nitrogens with two attached hydrogens (primary N) is 1. The van der Waals surface area contributed by atoms with E-state index in [2.05, 4.69) is 9.97 Å². The Morgan fingerprint density at radius 2 is 2.07 bits per heavy atom. The van der Waals surface area contributed by atoms with E-state index in [1.165, 1.54) is 0 Å². The Labute approximate surface area is 79.5 Å². The Kier molecular flexibility index (Phi) is 2.39. The van der Waals surface area contributed by atoms with Crippen LogP contribution >= 0.6 is 0 Å². The van der Waals surface area contributed by atoms with Crippen LogP contribution in [0.2, 0.25) is 0 Å². The molecule has 0 spiro atoms. The standard InChI is InChI=1S/C6H7N3O4S/c1-14(12,13)4-2-3(5(10)11)8-6(7)9-4/h2H,1H3,(H,10,11)(H2,7,8,9). The summed E-state index contributed by atoms with van der Waals surface area (Å²) in [5.74, 6) is -1.74. The van der Waals surface area contributed by atoms with E-state index >= 15 is 0 Å². The lowest BCUT2D eigenvalue weighted by Gasteiger charge is -2.00. The average Bonchev–Trinajstić information content (AvgIpc) is 2.01. The smallest absolute Gasteiger partial charge is 0.354 e. The van der Waals surface area contributed by atoms with Gasteiger partial charge in [-0.15, -0.1) is 0 Å². The van der Waals surface area contributed by atoms with Gasteiger partial charge < -0.3 is 10.8 Å². The first-order valence-corrected chi connectivity index (χ1v) is 5.28. The summed E-state index contributed by atoms with van der Waals surface area (Å²) >= 11 is 0. The summed E-state index contributed by atoms with van der Waals surface area (Å²) in [5, 5.41) is 8.16. The van der Waals surface area contributed by atoms with Gasteiger partial charge in [0.1, 0.15) is 0 Å². The number of carboxylic acids is 1. The van der Waals surface area contributed by atoms with Crippen LogP contribution in [-0.4, -0.2) is 35.7 Å². The fraction of sp³-hybridized carbons (Fsp3) is 0.167. The second-order valence-electron chi connectivity index (χ2n) is 2.53. The van der Waals surface area contributed by atoms with Crippen LogP contribution in [0.1, 0.15) is 10.5 Å². The molecule has 0 fully saturated rings. The number of hydrogen-bond donors (Lipinski definition) is 2. The molecule has 1 aromatic rings. The van der Waals surface area contributed by atoms with E-state index in [1.807, 2.05) is 0 Å². The summed E-state index contributed by atoms with van der Waals surface area (Å²) in [6.07, 6.45) is 0.903. The number of anilines is 1. The molecule has 0 aliphatic carbocycles. The zero-order valence-electron chi connectivity index (χ0n) is 7.13. The predicted octanol–water partition coefficient (Wildman–Crippen LogP) is -0.839. The van der Waals surface area contributed by atoms with E-state index in [0.717, 1.165) is 12.3 Å². The first-order chi connectivity index (χ1) is 6.30. The monoisotopic (exact) mass is 217 g/mol. The third kappa shape index (κ3) is 2.16. The molecule has 1 rings (SSSR count). The van der Waals surface area contributed by atoms with E-state index in [9.17, 15) is 13.2 Å². The number of aromatic nitrogens is 2. The number of aromatic carboxylic acids is 1. The summed E-state index contributed by atoms with van der Waals surface area (Å²) in [4.78, 5) is 17.2. The maximum absolute atomic E-state index is 11.0. The maximum atomic E-state index is 11.0. The van der Waals surface area contributed by atoms with Crippen molar-refractivity contribution in [3.63, 3.8) is 0 Å². The van der Waals surface area contributed by atoms with Crippen LogP contribution in [0.15, 0.2) is 11.1 Å². The number of rotatable bonds is 2. The second-order valence-corrected chi connectivity index (χ2v) is 4.49. The van der Waals surface area contributed by atoms with Gasteiger partial charge in [-0.25, -0.2) is 23.2 Å². The van der Waals surface area contributed by atoms with E-state index in [1.54, 1.807) is 0 Å². The Morgan fingerprint density at radius 3 is 2.50 bits per heavy atom. The van der Waals surface area contributed by atoms with Crippen LogP contribution in [0.4, 0.5) is 5.95 Å². The van der Waals surface area contributed by atoms with Crippen molar-refractivity contribution in [2.75, 3.05) is 12.0 Å². The summed E-state index contributed by atoms with van der Waals surface area (Å²) in [7, 11) is -3.58. The highest BCUT2D eigenvalue weighted by atomic mass is 32.2. The minimum Gasteiger partial charge on any atom is -0.477 e. The first-order valence-electron chi connectivity index (χ1n) is 3.38. The second kappa shape index (κ2) is 3.22. The highest BCUT2D eigenvalue weighted by Crippen LogP contribution is 2.08. The van der Waals surface area contributed by atoms with Gasteiger partial charge in [0.2, 0.25) is 5.95 Å². The lowest BCUT2D eigenvalue weighted by molar-refractivity contribution is 0.0690. The molecule has 0 atom stereocenters. The third-order valence-electron chi connectivity index (χ3n) is 1.32. The number of nitrogen functional groups attached to an aromatic ring is 1. The molecular formula is C6H7N3O4S. The molecule has 1 heterocycles. The molecule has 76 valence electrons. The Morgan fingerprint density at radius 1 is 1.50 bits per heavy atom. The van der Waals surface area contributed by atoms with Crippen molar-refractivity contribution in [3.8, 4) is 0 Å². The van der Waals surface area contributed by atoms with E-state index in [-0.39, 0.29) is 5.95 Å². The SMILES string of the molecule is CS(=O)(=O)c1cc(C(=O)O)nc(N)n1. The average molecular weight is 217 g/mol. The van der Waals surface area contributed by atoms with Crippen LogP contribution in [-0.2, 0) is 9.84 Å². The predicted molar refractivity (Wildman–Crippen MR) is 46.5 cm³/mol. The molecule has 0 saturated heterocycles. The number of nitrogens with zero attached hydrogens (tertiary/aromatic N) is 2. The fourth-order valence-corrected chi connectivity index (χ4v) is 1.33. The molecule has 0 saturated carbocycles. The molecular weight excluding hydrogens is 210 g/mol. The fourth-order valence-electron chi connectivity index (χ4n) is 0.742. The van der Waals surface area contributed by atoms with E-state index < -0.39 is 26.5 Å². The van der Waals surface area contributed by atoms with Gasteiger partial charge in [0, 0.05) is 12.3 Å². The molecule has 8 heteroatoms. The van der Waals surface area contributed by atoms with E-state index in [0.29, 0.717) is 0 Å². The normalized spacial score (nSPS) is 11.2. The minimum absolute atomic E-state index is 0.384. The highest BCUT2D eigenvalue weighted by Gasteiger charge is 2.15. The van der Waals surface area contributed by atoms with Crippen LogP contribution in [0.25, 0.3) is 0 Å². The lowest BCUT2D eigenvalue weighted by atomic mass is 10.4. The van der Waals surface area contributed by atoms with E-state index in [4.69, 9.17) is 10.8 Å². The van der Waals surface area contributed by atoms with Crippen molar-refractivity contribution >= 4 is 21.8 Å². The molecule has 1 aromatic heterocycles. The van der Waals surface area contributed by atoms with Gasteiger partial charge in [-0.05, 0) is 0 Å². The summed E-state index contributed by atoms with van der Waals surface area (Å²) < 4.78 is 22.0. The van der Waals surface area contributed by atoms with Crippen molar-refractivity contribution < 1.29 is 18.3 Å². The molecule has 0 amide bonds. The molecule has 3 N–H and O–H groups in total. The number of carboxylic acid groups (broad SMARTS) is 1. The van der Waals surface area contributed by atoms with Crippen LogP contribution in [0.5, 0.6) is 0 Å². The Bertz CT molecular complexity index is 482. The largest absolute Gasteiger partial charge is 0.477 e. The molecule has 0 unspecified atom stereocenters. The molecule has 0 radical (unpaired) electrons. The summed E-state index contributed by atoms with van der Waals surface area (Å²) in [6, 6.07) is 0.855. The van der Waals surface area contributed by atoms with Crippen molar-refractivity contribution in [3.05, 3.63) is 11.8 Å². The van der Waals surface area contributed by atoms with Crippen LogP contribution in [0, 0.1) is 0 Å². The molecule has 0 aromatic carbocycles. The Hall–Kier alpha value is -1.70. The summed E-state index contributed by atoms with van der Waals surface area (Å²) in [5.41, 5.74) is 4.70. The molecule has 7 nitrogen and oxygen atoms in total. The molecule has 14 heavy (non-hydrogen) atoms. The topological polar surface area (TPSA) is 123 Å². The van der Waals surface area contributed by atoms with Gasteiger partial charge in [-0.3, -0.25) is 0 Å². The van der Waals surface area contributed by atoms with Crippen LogP contribution < -0.4 is 5.73 Å². The van der Waals surface area contributed by atoms with Gasteiger partial charge in [0.25, 0.3) is 0 Å². The molecule has 0 aliphatic heterocycles. The quantitative estimate of drug-likeness (QED) is 0.619. The van der Waals surface area contributed by atoms with Gasteiger partial charge >= 0.3 is 5.97 Å². The molecule has 0 aliphatic rings. The number of sulfone groups is 1.